The number of allylic oxidation sites excluding steroid dienone is 1. The van der Waals surface area contributed by atoms with Crippen molar-refractivity contribution in [3.05, 3.63) is 59.2 Å². The molecule has 0 fully saturated rings. The Morgan fingerprint density at radius 2 is 2.03 bits per heavy atom. The fourth-order valence-electron chi connectivity index (χ4n) is 2.89. The van der Waals surface area contributed by atoms with Gasteiger partial charge in [0.05, 0.1) is 18.9 Å². The van der Waals surface area contributed by atoms with E-state index in [4.69, 9.17) is 9.47 Å². The smallest absolute Gasteiger partial charge is 0.214 e. The van der Waals surface area contributed by atoms with Gasteiger partial charge in [-0.25, -0.2) is 0 Å². The van der Waals surface area contributed by atoms with Crippen LogP contribution in [0.5, 0.6) is 11.5 Å². The summed E-state index contributed by atoms with van der Waals surface area (Å²) in [4.78, 5) is 0. The van der Waals surface area contributed by atoms with E-state index in [1.54, 1.807) is 11.8 Å². The molecule has 0 aliphatic heterocycles. The zero-order valence-electron chi connectivity index (χ0n) is 17.6. The van der Waals surface area contributed by atoms with Gasteiger partial charge in [-0.1, -0.05) is 42.1 Å². The molecule has 1 aromatic heterocycles. The third-order valence-electron chi connectivity index (χ3n) is 4.63. The summed E-state index contributed by atoms with van der Waals surface area (Å²) >= 11 is 1.38. The molecule has 0 radical (unpaired) electrons. The van der Waals surface area contributed by atoms with Crippen molar-refractivity contribution in [2.24, 2.45) is 0 Å². The van der Waals surface area contributed by atoms with Gasteiger partial charge in [0.25, 0.3) is 0 Å². The fourth-order valence-corrected chi connectivity index (χ4v) is 3.68. The number of thioether (sulfide) groups is 1. The second-order valence-corrected chi connectivity index (χ2v) is 7.77. The Balaban J connectivity index is 1.61. The first kappa shape index (κ1) is 21.9. The summed E-state index contributed by atoms with van der Waals surface area (Å²) in [6.45, 7) is 6.19. The maximum absolute atomic E-state index is 10.4. The van der Waals surface area contributed by atoms with Gasteiger partial charge in [-0.2, -0.15) is 4.68 Å². The van der Waals surface area contributed by atoms with Gasteiger partial charge in [0.2, 0.25) is 5.16 Å². The molecule has 1 unspecified atom stereocenters. The molecule has 3 rings (SSSR count). The quantitative estimate of drug-likeness (QED) is 0.520. The number of tetrazole rings is 1. The maximum Gasteiger partial charge on any atom is 0.214 e. The van der Waals surface area contributed by atoms with E-state index in [0.29, 0.717) is 22.4 Å². The van der Waals surface area contributed by atoms with Crippen LogP contribution in [0.2, 0.25) is 0 Å². The molecule has 0 saturated heterocycles. The predicted octanol–water partition coefficient (Wildman–Crippen LogP) is 3.85. The molecule has 1 atom stereocenters. The number of aliphatic hydroxyl groups excluding tert-OH is 1. The van der Waals surface area contributed by atoms with Gasteiger partial charge in [-0.3, -0.25) is 0 Å². The average molecular weight is 427 g/mol. The van der Waals surface area contributed by atoms with E-state index in [0.717, 1.165) is 16.8 Å². The van der Waals surface area contributed by atoms with Gasteiger partial charge >= 0.3 is 0 Å². The van der Waals surface area contributed by atoms with Gasteiger partial charge in [0.15, 0.2) is 11.5 Å². The zero-order valence-corrected chi connectivity index (χ0v) is 18.4. The van der Waals surface area contributed by atoms with E-state index in [9.17, 15) is 5.11 Å². The van der Waals surface area contributed by atoms with Crippen LogP contribution in [0.4, 0.5) is 0 Å². The van der Waals surface area contributed by atoms with E-state index in [1.165, 1.54) is 17.3 Å². The summed E-state index contributed by atoms with van der Waals surface area (Å²) in [5.74, 6) is 1.61. The highest BCUT2D eigenvalue weighted by Gasteiger charge is 2.15. The Bertz CT molecular complexity index is 1020. The standard InChI is InChI=1S/C22H26N4O3S/c1-5-7-17-10-11-20(21(12-17)28-4)29-13-18(27)14-30-22-23-24-25-26(22)19-9-6-8-15(2)16(19)3/h5-12,18,27H,13-14H2,1-4H3/b7-5+. The normalized spacial score (nSPS) is 12.3. The lowest BCUT2D eigenvalue weighted by Crippen LogP contribution is -2.20. The molecule has 0 aliphatic carbocycles. The van der Waals surface area contributed by atoms with Gasteiger partial charge in [-0.05, 0) is 66.1 Å². The minimum Gasteiger partial charge on any atom is -0.493 e. The van der Waals surface area contributed by atoms with Gasteiger partial charge < -0.3 is 14.6 Å². The number of rotatable bonds is 9. The van der Waals surface area contributed by atoms with Gasteiger partial charge in [0.1, 0.15) is 6.61 Å². The van der Waals surface area contributed by atoms with Crippen LogP contribution in [-0.4, -0.2) is 50.9 Å². The molecular weight excluding hydrogens is 400 g/mol. The number of aryl methyl sites for hydroxylation is 1. The number of nitrogens with zero attached hydrogens (tertiary/aromatic N) is 4. The summed E-state index contributed by atoms with van der Waals surface area (Å²) in [5, 5.41) is 23.0. The molecule has 7 nitrogen and oxygen atoms in total. The zero-order chi connectivity index (χ0) is 21.5. The molecular formula is C22H26N4O3S. The number of benzene rings is 2. The first-order chi connectivity index (χ1) is 14.5. The molecule has 0 saturated carbocycles. The molecule has 0 spiro atoms. The molecule has 0 bridgehead atoms. The molecule has 1 N–H and O–H groups in total. The van der Waals surface area contributed by atoms with Crippen LogP contribution in [0.3, 0.4) is 0 Å². The number of hydrogen-bond donors (Lipinski definition) is 1. The molecule has 158 valence electrons. The van der Waals surface area contributed by atoms with Crippen LogP contribution < -0.4 is 9.47 Å². The van der Waals surface area contributed by atoms with E-state index < -0.39 is 6.10 Å². The number of aliphatic hydroxyl groups is 1. The van der Waals surface area contributed by atoms with Crippen LogP contribution in [0, 0.1) is 13.8 Å². The minimum absolute atomic E-state index is 0.136. The number of ether oxygens (including phenoxy) is 2. The largest absolute Gasteiger partial charge is 0.493 e. The van der Waals surface area contributed by atoms with Crippen molar-refractivity contribution in [1.29, 1.82) is 0 Å². The highest BCUT2D eigenvalue weighted by atomic mass is 32.2. The van der Waals surface area contributed by atoms with Crippen LogP contribution in [0.25, 0.3) is 11.8 Å². The lowest BCUT2D eigenvalue weighted by atomic mass is 10.1. The summed E-state index contributed by atoms with van der Waals surface area (Å²) in [6.07, 6.45) is 3.25. The Morgan fingerprint density at radius 1 is 1.20 bits per heavy atom. The van der Waals surface area contributed by atoms with Crippen molar-refractivity contribution in [3.8, 4) is 17.2 Å². The number of aromatic nitrogens is 4. The topological polar surface area (TPSA) is 82.3 Å². The SMILES string of the molecule is C/C=C/c1ccc(OCC(O)CSc2nnnn2-c2cccc(C)c2C)c(OC)c1. The van der Waals surface area contributed by atoms with Crippen LogP contribution in [-0.2, 0) is 0 Å². The van der Waals surface area contributed by atoms with Crippen molar-refractivity contribution in [2.45, 2.75) is 32.0 Å². The predicted molar refractivity (Wildman–Crippen MR) is 119 cm³/mol. The second kappa shape index (κ2) is 10.3. The van der Waals surface area contributed by atoms with E-state index in [1.807, 2.05) is 56.3 Å². The third kappa shape index (κ3) is 5.20. The molecule has 0 amide bonds. The van der Waals surface area contributed by atoms with Crippen LogP contribution in [0.1, 0.15) is 23.6 Å². The van der Waals surface area contributed by atoms with E-state index in [-0.39, 0.29) is 6.61 Å². The Hall–Kier alpha value is -2.84. The minimum atomic E-state index is -0.696. The fraction of sp³-hybridized carbons (Fsp3) is 0.318. The summed E-state index contributed by atoms with van der Waals surface area (Å²) < 4.78 is 12.9. The molecule has 0 aliphatic rings. The lowest BCUT2D eigenvalue weighted by molar-refractivity contribution is 0.124. The highest BCUT2D eigenvalue weighted by Crippen LogP contribution is 2.29. The van der Waals surface area contributed by atoms with Crippen molar-refractivity contribution in [3.63, 3.8) is 0 Å². The van der Waals surface area contributed by atoms with Crippen molar-refractivity contribution in [1.82, 2.24) is 20.2 Å². The van der Waals surface area contributed by atoms with Crippen LogP contribution >= 0.6 is 11.8 Å². The summed E-state index contributed by atoms with van der Waals surface area (Å²) in [5.41, 5.74) is 4.24. The number of methoxy groups -OCH3 is 1. The van der Waals surface area contributed by atoms with Crippen LogP contribution in [0.15, 0.2) is 47.6 Å². The van der Waals surface area contributed by atoms with E-state index in [2.05, 4.69) is 28.5 Å². The van der Waals surface area contributed by atoms with Crippen molar-refractivity contribution in [2.75, 3.05) is 19.5 Å². The first-order valence-corrected chi connectivity index (χ1v) is 10.6. The first-order valence-electron chi connectivity index (χ1n) is 9.62. The van der Waals surface area contributed by atoms with Gasteiger partial charge in [-0.15, -0.1) is 5.10 Å². The van der Waals surface area contributed by atoms with Crippen molar-refractivity contribution >= 4 is 17.8 Å². The average Bonchev–Trinajstić information content (AvgIpc) is 3.21. The Morgan fingerprint density at radius 3 is 2.80 bits per heavy atom. The van der Waals surface area contributed by atoms with Gasteiger partial charge in [0, 0.05) is 5.75 Å². The molecule has 1 heterocycles. The molecule has 30 heavy (non-hydrogen) atoms. The molecule has 3 aromatic rings. The Labute approximate surface area is 180 Å². The van der Waals surface area contributed by atoms with E-state index >= 15 is 0 Å². The summed E-state index contributed by atoms with van der Waals surface area (Å²) in [7, 11) is 1.60. The molecule has 2 aromatic carbocycles. The summed E-state index contributed by atoms with van der Waals surface area (Å²) in [6, 6.07) is 11.7. The maximum atomic E-state index is 10.4. The Kier molecular flexibility index (Phi) is 7.48. The third-order valence-corrected chi connectivity index (χ3v) is 5.69. The second-order valence-electron chi connectivity index (χ2n) is 6.78. The van der Waals surface area contributed by atoms with Crippen molar-refractivity contribution < 1.29 is 14.6 Å². The monoisotopic (exact) mass is 426 g/mol. The highest BCUT2D eigenvalue weighted by molar-refractivity contribution is 7.99. The lowest BCUT2D eigenvalue weighted by Gasteiger charge is -2.15. The number of hydrogen-bond acceptors (Lipinski definition) is 7. The molecule has 8 heteroatoms.